The van der Waals surface area contributed by atoms with E-state index in [1.54, 1.807) is 12.1 Å². The summed E-state index contributed by atoms with van der Waals surface area (Å²) in [4.78, 5) is 2.23. The summed E-state index contributed by atoms with van der Waals surface area (Å²) in [6, 6.07) is 15.5. The highest BCUT2D eigenvalue weighted by Gasteiger charge is 2.13. The fraction of sp³-hybridized carbons (Fsp3) is 0.250. The van der Waals surface area contributed by atoms with Crippen LogP contribution in [0.15, 0.2) is 48.5 Å². The molecule has 0 fully saturated rings. The van der Waals surface area contributed by atoms with Crippen LogP contribution in [0.5, 0.6) is 0 Å². The molecule has 0 aliphatic heterocycles. The molecule has 3 nitrogen and oxygen atoms in total. The minimum absolute atomic E-state index is 0.269. The van der Waals surface area contributed by atoms with E-state index in [9.17, 15) is 0 Å². The van der Waals surface area contributed by atoms with Crippen LogP contribution in [0.3, 0.4) is 0 Å². The highest BCUT2D eigenvalue weighted by atomic mass is 35.5. The van der Waals surface area contributed by atoms with Gasteiger partial charge in [-0.3, -0.25) is 4.90 Å². The van der Waals surface area contributed by atoms with Gasteiger partial charge in [-0.25, -0.2) is 0 Å². The summed E-state index contributed by atoms with van der Waals surface area (Å²) in [6.07, 6.45) is 0. The normalized spacial score (nSPS) is 12.5. The number of hydrogen-bond donors (Lipinski definition) is 2. The summed E-state index contributed by atoms with van der Waals surface area (Å²) in [5.74, 6) is 0. The van der Waals surface area contributed by atoms with Crippen molar-refractivity contribution in [3.05, 3.63) is 64.7 Å². The molecule has 0 bridgehead atoms. The van der Waals surface area contributed by atoms with E-state index in [2.05, 4.69) is 18.9 Å². The van der Waals surface area contributed by atoms with Gasteiger partial charge in [-0.2, -0.15) is 0 Å². The number of benzene rings is 2. The first-order chi connectivity index (χ1) is 9.97. The molecule has 2 N–H and O–H groups in total. The Kier molecular flexibility index (Phi) is 5.42. The van der Waals surface area contributed by atoms with E-state index in [4.69, 9.17) is 21.6 Å². The molecule has 0 amide bonds. The van der Waals surface area contributed by atoms with Crippen LogP contribution in [-0.2, 0) is 6.54 Å². The number of nitrogens with zero attached hydrogens (tertiary/aromatic N) is 1. The fourth-order valence-electron chi connectivity index (χ4n) is 2.22. The first-order valence-electron chi connectivity index (χ1n) is 6.88. The molecule has 1 unspecified atom stereocenters. The first kappa shape index (κ1) is 16.1. The summed E-state index contributed by atoms with van der Waals surface area (Å²) in [5.41, 5.74) is 2.85. The van der Waals surface area contributed by atoms with Gasteiger partial charge in [0.2, 0.25) is 0 Å². The molecule has 1 atom stereocenters. The Hall–Kier alpha value is -1.33. The van der Waals surface area contributed by atoms with Gasteiger partial charge in [0.05, 0.1) is 0 Å². The standard InChI is InChI=1S/C16H19BClNO2/c1-12(14-5-9-16(18)10-6-14)19(2)11-13-3-7-15(8-4-13)17(20)21/h3-10,12,20-21H,11H2,1-2H3. The van der Waals surface area contributed by atoms with Crippen LogP contribution in [0.25, 0.3) is 0 Å². The Labute approximate surface area is 130 Å². The molecule has 0 aromatic heterocycles. The Morgan fingerprint density at radius 3 is 2.14 bits per heavy atom. The second-order valence-corrected chi connectivity index (χ2v) is 5.69. The smallest absolute Gasteiger partial charge is 0.423 e. The lowest BCUT2D eigenvalue weighted by Crippen LogP contribution is -2.29. The van der Waals surface area contributed by atoms with Gasteiger partial charge >= 0.3 is 7.12 Å². The molecule has 0 spiro atoms. The molecule has 0 heterocycles. The van der Waals surface area contributed by atoms with Crippen molar-refractivity contribution in [1.29, 1.82) is 0 Å². The van der Waals surface area contributed by atoms with Gasteiger partial charge in [0, 0.05) is 17.6 Å². The molecule has 0 aliphatic carbocycles. The van der Waals surface area contributed by atoms with Crippen molar-refractivity contribution in [3.8, 4) is 0 Å². The van der Waals surface area contributed by atoms with E-state index >= 15 is 0 Å². The third-order valence-corrected chi connectivity index (χ3v) is 3.98. The molecule has 5 heteroatoms. The average molecular weight is 304 g/mol. The number of rotatable bonds is 5. The molecule has 110 valence electrons. The largest absolute Gasteiger partial charge is 0.488 e. The van der Waals surface area contributed by atoms with Crippen molar-refractivity contribution in [3.63, 3.8) is 0 Å². The maximum atomic E-state index is 9.09. The van der Waals surface area contributed by atoms with Crippen molar-refractivity contribution in [2.75, 3.05) is 7.05 Å². The van der Waals surface area contributed by atoms with Crippen LogP contribution in [-0.4, -0.2) is 29.1 Å². The maximum absolute atomic E-state index is 9.09. The van der Waals surface area contributed by atoms with Gasteiger partial charge in [0.15, 0.2) is 0 Å². The van der Waals surface area contributed by atoms with Crippen LogP contribution in [0.2, 0.25) is 5.02 Å². The highest BCUT2D eigenvalue weighted by Crippen LogP contribution is 2.22. The summed E-state index contributed by atoms with van der Waals surface area (Å²) in [5, 5.41) is 18.9. The molecule has 0 radical (unpaired) electrons. The van der Waals surface area contributed by atoms with Gasteiger partial charge in [-0.05, 0) is 42.7 Å². The molecular formula is C16H19BClNO2. The predicted octanol–water partition coefficient (Wildman–Crippen LogP) is 2.21. The second-order valence-electron chi connectivity index (χ2n) is 5.26. The average Bonchev–Trinajstić information content (AvgIpc) is 2.47. The van der Waals surface area contributed by atoms with E-state index in [-0.39, 0.29) is 6.04 Å². The van der Waals surface area contributed by atoms with Gasteiger partial charge in [-0.1, -0.05) is 48.0 Å². The number of hydrogen-bond acceptors (Lipinski definition) is 3. The summed E-state index contributed by atoms with van der Waals surface area (Å²) < 4.78 is 0. The second kappa shape index (κ2) is 7.10. The third kappa shape index (κ3) is 4.32. The van der Waals surface area contributed by atoms with Gasteiger partial charge in [0.1, 0.15) is 0 Å². The van der Waals surface area contributed by atoms with Crippen molar-refractivity contribution in [1.82, 2.24) is 4.90 Å². The van der Waals surface area contributed by atoms with Crippen LogP contribution in [0.4, 0.5) is 0 Å². The van der Waals surface area contributed by atoms with Crippen molar-refractivity contribution in [2.45, 2.75) is 19.5 Å². The predicted molar refractivity (Wildman–Crippen MR) is 87.6 cm³/mol. The van der Waals surface area contributed by atoms with E-state index in [0.29, 0.717) is 5.46 Å². The molecule has 2 aromatic carbocycles. The Morgan fingerprint density at radius 1 is 1.05 bits per heavy atom. The van der Waals surface area contributed by atoms with E-state index < -0.39 is 7.12 Å². The van der Waals surface area contributed by atoms with Crippen molar-refractivity contribution >= 4 is 24.2 Å². The minimum Gasteiger partial charge on any atom is -0.423 e. The zero-order valence-electron chi connectivity index (χ0n) is 12.2. The minimum atomic E-state index is -1.41. The van der Waals surface area contributed by atoms with E-state index in [1.807, 2.05) is 36.4 Å². The summed E-state index contributed by atoms with van der Waals surface area (Å²) in [7, 11) is 0.651. The van der Waals surface area contributed by atoms with Crippen LogP contribution in [0.1, 0.15) is 24.1 Å². The Bertz CT molecular complexity index is 572. The molecular weight excluding hydrogens is 284 g/mol. The highest BCUT2D eigenvalue weighted by molar-refractivity contribution is 6.58. The number of halogens is 1. The maximum Gasteiger partial charge on any atom is 0.488 e. The van der Waals surface area contributed by atoms with Crippen LogP contribution in [0, 0.1) is 0 Å². The monoisotopic (exact) mass is 303 g/mol. The van der Waals surface area contributed by atoms with Crippen molar-refractivity contribution < 1.29 is 10.0 Å². The summed E-state index contributed by atoms with van der Waals surface area (Å²) >= 11 is 5.91. The molecule has 0 aliphatic rings. The lowest BCUT2D eigenvalue weighted by Gasteiger charge is -2.25. The third-order valence-electron chi connectivity index (χ3n) is 3.72. The zero-order chi connectivity index (χ0) is 15.4. The van der Waals surface area contributed by atoms with Gasteiger partial charge < -0.3 is 10.0 Å². The quantitative estimate of drug-likeness (QED) is 0.832. The van der Waals surface area contributed by atoms with Crippen LogP contribution >= 0.6 is 11.6 Å². The molecule has 21 heavy (non-hydrogen) atoms. The fourth-order valence-corrected chi connectivity index (χ4v) is 2.34. The van der Waals surface area contributed by atoms with Gasteiger partial charge in [-0.15, -0.1) is 0 Å². The van der Waals surface area contributed by atoms with Crippen molar-refractivity contribution in [2.24, 2.45) is 0 Å². The van der Waals surface area contributed by atoms with Crippen LogP contribution < -0.4 is 5.46 Å². The van der Waals surface area contributed by atoms with E-state index in [1.165, 1.54) is 5.56 Å². The molecule has 0 saturated heterocycles. The Morgan fingerprint density at radius 2 is 1.62 bits per heavy atom. The zero-order valence-corrected chi connectivity index (χ0v) is 13.0. The molecule has 2 aromatic rings. The SMILES string of the molecule is CC(c1ccc(Cl)cc1)N(C)Cc1ccc(B(O)O)cc1. The lowest BCUT2D eigenvalue weighted by molar-refractivity contribution is 0.253. The molecule has 0 saturated carbocycles. The lowest BCUT2D eigenvalue weighted by atomic mass is 9.80. The summed E-state index contributed by atoms with van der Waals surface area (Å²) in [6.45, 7) is 2.93. The first-order valence-corrected chi connectivity index (χ1v) is 7.26. The molecule has 2 rings (SSSR count). The van der Waals surface area contributed by atoms with Gasteiger partial charge in [0.25, 0.3) is 0 Å². The Balaban J connectivity index is 2.03. The topological polar surface area (TPSA) is 43.7 Å². The van der Waals surface area contributed by atoms with E-state index in [0.717, 1.165) is 17.1 Å².